The van der Waals surface area contributed by atoms with E-state index in [-0.39, 0.29) is 5.60 Å². The Labute approximate surface area is 132 Å². The van der Waals surface area contributed by atoms with Gasteiger partial charge in [0.1, 0.15) is 0 Å². The fraction of sp³-hybridized carbons (Fsp3) is 1.00. The monoisotopic (exact) mass is 295 g/mol. The largest absolute Gasteiger partial charge is 0.370 e. The maximum Gasteiger partial charge on any atom is 0.0810 e. The summed E-state index contributed by atoms with van der Waals surface area (Å²) < 4.78 is 6.77. The van der Waals surface area contributed by atoms with Crippen molar-refractivity contribution in [2.45, 2.75) is 97.3 Å². The first-order valence-corrected chi connectivity index (χ1v) is 9.31. The topological polar surface area (TPSA) is 21.3 Å². The number of nitrogens with one attached hydrogen (secondary N) is 1. The Morgan fingerprint density at radius 2 is 1.67 bits per heavy atom. The average Bonchev–Trinajstić information content (AvgIpc) is 2.44. The van der Waals surface area contributed by atoms with Gasteiger partial charge in [0.2, 0.25) is 0 Å². The van der Waals surface area contributed by atoms with Crippen molar-refractivity contribution >= 4 is 0 Å². The molecule has 0 aromatic rings. The van der Waals surface area contributed by atoms with E-state index in [0.29, 0.717) is 12.1 Å². The van der Waals surface area contributed by atoms with Crippen molar-refractivity contribution in [1.29, 1.82) is 0 Å². The first-order chi connectivity index (χ1) is 9.90. The van der Waals surface area contributed by atoms with Gasteiger partial charge in [-0.15, -0.1) is 0 Å². The second-order valence-electron chi connectivity index (χ2n) is 8.41. The first-order valence-electron chi connectivity index (χ1n) is 9.31. The van der Waals surface area contributed by atoms with Crippen LogP contribution < -0.4 is 5.32 Å². The Hall–Kier alpha value is -0.0800. The maximum atomic E-state index is 6.77. The third kappa shape index (κ3) is 4.96. The van der Waals surface area contributed by atoms with E-state index in [2.05, 4.69) is 39.9 Å². The summed E-state index contributed by atoms with van der Waals surface area (Å²) in [6.45, 7) is 12.7. The van der Waals surface area contributed by atoms with Crippen molar-refractivity contribution in [3.05, 3.63) is 0 Å². The van der Waals surface area contributed by atoms with E-state index in [1.165, 1.54) is 44.9 Å². The molecule has 2 aliphatic carbocycles. The molecule has 2 rings (SSSR count). The molecular formula is C19H37NO. The minimum absolute atomic E-state index is 0.113. The van der Waals surface area contributed by atoms with Gasteiger partial charge < -0.3 is 10.1 Å². The molecule has 0 heterocycles. The molecule has 2 heteroatoms. The zero-order valence-corrected chi connectivity index (χ0v) is 15.0. The molecule has 21 heavy (non-hydrogen) atoms. The van der Waals surface area contributed by atoms with E-state index in [1.54, 1.807) is 0 Å². The van der Waals surface area contributed by atoms with Crippen LogP contribution in [0.3, 0.4) is 0 Å². The van der Waals surface area contributed by atoms with Crippen LogP contribution in [0.15, 0.2) is 0 Å². The van der Waals surface area contributed by atoms with E-state index >= 15 is 0 Å². The highest BCUT2D eigenvalue weighted by Crippen LogP contribution is 2.39. The molecule has 0 amide bonds. The lowest BCUT2D eigenvalue weighted by atomic mass is 9.77. The summed E-state index contributed by atoms with van der Waals surface area (Å²) in [6, 6.07) is 0.551. The molecule has 0 radical (unpaired) electrons. The lowest BCUT2D eigenvalue weighted by Crippen LogP contribution is -2.50. The van der Waals surface area contributed by atoms with Crippen LogP contribution in [0.2, 0.25) is 0 Å². The Kier molecular flexibility index (Phi) is 6.14. The lowest BCUT2D eigenvalue weighted by molar-refractivity contribution is -0.135. The molecule has 0 aliphatic heterocycles. The number of hydrogen-bond acceptors (Lipinski definition) is 2. The van der Waals surface area contributed by atoms with Gasteiger partial charge in [-0.25, -0.2) is 0 Å². The second kappa shape index (κ2) is 7.46. The van der Waals surface area contributed by atoms with Gasteiger partial charge in [0.25, 0.3) is 0 Å². The van der Waals surface area contributed by atoms with Crippen molar-refractivity contribution in [2.75, 3.05) is 6.54 Å². The van der Waals surface area contributed by atoms with E-state index in [4.69, 9.17) is 4.74 Å². The zero-order valence-electron chi connectivity index (χ0n) is 15.0. The molecule has 0 saturated heterocycles. The van der Waals surface area contributed by atoms with Gasteiger partial charge in [-0.1, -0.05) is 34.6 Å². The van der Waals surface area contributed by atoms with Crippen LogP contribution in [0, 0.1) is 17.8 Å². The molecule has 2 aliphatic rings. The van der Waals surface area contributed by atoms with Gasteiger partial charge in [0, 0.05) is 12.6 Å². The Bertz CT molecular complexity index is 307. The standard InChI is InChI=1S/C19H37NO/c1-14(2)20-13-19(10-8-15(3)9-11-19)21-18-7-6-16(4)17(5)12-18/h14-18,20H,6-13H2,1-5H3. The van der Waals surface area contributed by atoms with Gasteiger partial charge in [0.05, 0.1) is 11.7 Å². The molecule has 3 unspecified atom stereocenters. The van der Waals surface area contributed by atoms with Gasteiger partial charge in [0.15, 0.2) is 0 Å². The number of hydrogen-bond donors (Lipinski definition) is 1. The molecule has 2 fully saturated rings. The second-order valence-corrected chi connectivity index (χ2v) is 8.41. The summed E-state index contributed by atoms with van der Waals surface area (Å²) in [6.07, 6.45) is 9.53. The smallest absolute Gasteiger partial charge is 0.0810 e. The Morgan fingerprint density at radius 1 is 1.00 bits per heavy atom. The van der Waals surface area contributed by atoms with E-state index in [1.807, 2.05) is 0 Å². The van der Waals surface area contributed by atoms with Crippen LogP contribution >= 0.6 is 0 Å². The summed E-state index contributed by atoms with van der Waals surface area (Å²) in [5, 5.41) is 3.66. The Morgan fingerprint density at radius 3 is 2.24 bits per heavy atom. The molecule has 0 aromatic carbocycles. The van der Waals surface area contributed by atoms with Crippen molar-refractivity contribution in [3.8, 4) is 0 Å². The van der Waals surface area contributed by atoms with E-state index < -0.39 is 0 Å². The summed E-state index contributed by atoms with van der Waals surface area (Å²) in [7, 11) is 0. The van der Waals surface area contributed by atoms with Gasteiger partial charge in [-0.2, -0.15) is 0 Å². The summed E-state index contributed by atoms with van der Waals surface area (Å²) in [4.78, 5) is 0. The quantitative estimate of drug-likeness (QED) is 0.788. The van der Waals surface area contributed by atoms with Crippen LogP contribution in [0.5, 0.6) is 0 Å². The highest BCUT2D eigenvalue weighted by Gasteiger charge is 2.38. The fourth-order valence-electron chi connectivity index (χ4n) is 3.97. The van der Waals surface area contributed by atoms with Crippen LogP contribution in [-0.4, -0.2) is 24.3 Å². The average molecular weight is 296 g/mol. The van der Waals surface area contributed by atoms with Crippen LogP contribution in [0.25, 0.3) is 0 Å². The predicted octanol–water partition coefficient (Wildman–Crippen LogP) is 4.77. The third-order valence-electron chi connectivity index (χ3n) is 5.98. The minimum atomic E-state index is 0.113. The highest BCUT2D eigenvalue weighted by molar-refractivity contribution is 4.91. The lowest BCUT2D eigenvalue weighted by Gasteiger charge is -2.44. The maximum absolute atomic E-state index is 6.77. The Balaban J connectivity index is 1.95. The molecule has 1 N–H and O–H groups in total. The zero-order chi connectivity index (χ0) is 15.5. The minimum Gasteiger partial charge on any atom is -0.370 e. The predicted molar refractivity (Wildman–Crippen MR) is 90.6 cm³/mol. The normalized spacial score (nSPS) is 41.4. The van der Waals surface area contributed by atoms with Crippen molar-refractivity contribution in [2.24, 2.45) is 17.8 Å². The van der Waals surface area contributed by atoms with Crippen LogP contribution in [0.1, 0.15) is 79.6 Å². The van der Waals surface area contributed by atoms with Gasteiger partial charge in [-0.05, 0) is 62.7 Å². The van der Waals surface area contributed by atoms with Crippen molar-refractivity contribution < 1.29 is 4.74 Å². The van der Waals surface area contributed by atoms with Gasteiger partial charge in [-0.3, -0.25) is 0 Å². The summed E-state index contributed by atoms with van der Waals surface area (Å²) in [5.74, 6) is 2.58. The first kappa shape index (κ1) is 17.3. The molecule has 124 valence electrons. The highest BCUT2D eigenvalue weighted by atomic mass is 16.5. The molecule has 0 spiro atoms. The number of rotatable bonds is 5. The molecule has 2 nitrogen and oxygen atoms in total. The fourth-order valence-corrected chi connectivity index (χ4v) is 3.97. The molecule has 2 saturated carbocycles. The van der Waals surface area contributed by atoms with Crippen molar-refractivity contribution in [3.63, 3.8) is 0 Å². The molecule has 3 atom stereocenters. The summed E-state index contributed by atoms with van der Waals surface area (Å²) >= 11 is 0. The SMILES string of the molecule is CC1CCC(CNC(C)C)(OC2CCC(C)C(C)C2)CC1. The van der Waals surface area contributed by atoms with Crippen molar-refractivity contribution in [1.82, 2.24) is 5.32 Å². The van der Waals surface area contributed by atoms with Crippen LogP contribution in [0.4, 0.5) is 0 Å². The third-order valence-corrected chi connectivity index (χ3v) is 5.98. The molecule has 0 aromatic heterocycles. The van der Waals surface area contributed by atoms with E-state index in [9.17, 15) is 0 Å². The van der Waals surface area contributed by atoms with Gasteiger partial charge >= 0.3 is 0 Å². The summed E-state index contributed by atoms with van der Waals surface area (Å²) in [5.41, 5.74) is 0.113. The molecular weight excluding hydrogens is 258 g/mol. The molecule has 0 bridgehead atoms. The van der Waals surface area contributed by atoms with E-state index in [0.717, 1.165) is 24.3 Å². The number of ether oxygens (including phenoxy) is 1. The van der Waals surface area contributed by atoms with Crippen LogP contribution in [-0.2, 0) is 4.74 Å².